The van der Waals surface area contributed by atoms with Gasteiger partial charge in [0.05, 0.1) is 12.7 Å². The Morgan fingerprint density at radius 3 is 2.77 bits per heavy atom. The SMILES string of the molecule is CCOC(=O)c1c[nH]c2ccc(C(O)C(O)CBr)cc2c1=O. The van der Waals surface area contributed by atoms with Crippen LogP contribution in [0.4, 0.5) is 0 Å². The van der Waals surface area contributed by atoms with Crippen molar-refractivity contribution in [2.45, 2.75) is 19.1 Å². The first-order valence-corrected chi connectivity index (χ1v) is 7.86. The Labute approximate surface area is 134 Å². The van der Waals surface area contributed by atoms with Crippen molar-refractivity contribution in [1.29, 1.82) is 0 Å². The normalized spacial score (nSPS) is 13.8. The van der Waals surface area contributed by atoms with E-state index in [2.05, 4.69) is 20.9 Å². The van der Waals surface area contributed by atoms with Crippen molar-refractivity contribution < 1.29 is 19.7 Å². The Morgan fingerprint density at radius 1 is 1.41 bits per heavy atom. The summed E-state index contributed by atoms with van der Waals surface area (Å²) >= 11 is 3.09. The number of halogens is 1. The van der Waals surface area contributed by atoms with E-state index in [1.165, 1.54) is 12.3 Å². The molecule has 0 aliphatic heterocycles. The lowest BCUT2D eigenvalue weighted by Crippen LogP contribution is -2.21. The van der Waals surface area contributed by atoms with Gasteiger partial charge >= 0.3 is 5.97 Å². The van der Waals surface area contributed by atoms with Gasteiger partial charge in [-0.2, -0.15) is 0 Å². The summed E-state index contributed by atoms with van der Waals surface area (Å²) in [7, 11) is 0. The van der Waals surface area contributed by atoms with Crippen molar-refractivity contribution in [3.8, 4) is 0 Å². The summed E-state index contributed by atoms with van der Waals surface area (Å²) in [6.07, 6.45) is -0.814. The van der Waals surface area contributed by atoms with Gasteiger partial charge in [0.15, 0.2) is 0 Å². The van der Waals surface area contributed by atoms with Gasteiger partial charge in [-0.05, 0) is 24.6 Å². The largest absolute Gasteiger partial charge is 0.462 e. The number of ether oxygens (including phenoxy) is 1. The molecule has 0 saturated heterocycles. The standard InChI is InChI=1S/C15H16BrNO5/c1-2-22-15(21)10-7-17-11-4-3-8(5-9(11)14(10)20)13(19)12(18)6-16/h3-5,7,12-13,18-19H,2,6H2,1H3,(H,17,20). The predicted molar refractivity (Wildman–Crippen MR) is 85.3 cm³/mol. The van der Waals surface area contributed by atoms with E-state index in [9.17, 15) is 19.8 Å². The number of benzene rings is 1. The summed E-state index contributed by atoms with van der Waals surface area (Å²) < 4.78 is 4.84. The summed E-state index contributed by atoms with van der Waals surface area (Å²) in [6, 6.07) is 4.69. The molecule has 3 N–H and O–H groups in total. The van der Waals surface area contributed by atoms with Crippen molar-refractivity contribution in [3.63, 3.8) is 0 Å². The first kappa shape index (κ1) is 16.7. The minimum Gasteiger partial charge on any atom is -0.462 e. The maximum atomic E-state index is 12.4. The number of pyridine rings is 1. The van der Waals surface area contributed by atoms with E-state index in [0.717, 1.165) is 0 Å². The van der Waals surface area contributed by atoms with Crippen LogP contribution in [0.2, 0.25) is 0 Å². The molecule has 6 nitrogen and oxygen atoms in total. The molecule has 0 bridgehead atoms. The van der Waals surface area contributed by atoms with E-state index >= 15 is 0 Å². The number of carbonyl (C=O) groups is 1. The molecule has 1 heterocycles. The molecule has 2 unspecified atom stereocenters. The maximum absolute atomic E-state index is 12.4. The highest BCUT2D eigenvalue weighted by atomic mass is 79.9. The molecular weight excluding hydrogens is 354 g/mol. The Morgan fingerprint density at radius 2 is 2.14 bits per heavy atom. The lowest BCUT2D eigenvalue weighted by molar-refractivity contribution is 0.0343. The van der Waals surface area contributed by atoms with Crippen molar-refractivity contribution in [2.75, 3.05) is 11.9 Å². The number of aromatic amines is 1. The van der Waals surface area contributed by atoms with Gasteiger partial charge in [0.2, 0.25) is 5.43 Å². The molecule has 7 heteroatoms. The topological polar surface area (TPSA) is 99.6 Å². The number of fused-ring (bicyclic) bond motifs is 1. The Hall–Kier alpha value is -1.70. The van der Waals surface area contributed by atoms with Crippen LogP contribution in [0.15, 0.2) is 29.2 Å². The molecule has 2 atom stereocenters. The van der Waals surface area contributed by atoms with Crippen LogP contribution < -0.4 is 5.43 Å². The second-order valence-electron chi connectivity index (χ2n) is 4.72. The molecule has 0 aliphatic rings. The van der Waals surface area contributed by atoms with Gasteiger partial charge in [-0.3, -0.25) is 4.79 Å². The first-order valence-electron chi connectivity index (χ1n) is 6.74. The number of carbonyl (C=O) groups excluding carboxylic acids is 1. The number of H-pyrrole nitrogens is 1. The van der Waals surface area contributed by atoms with Crippen LogP contribution in [0.5, 0.6) is 0 Å². The monoisotopic (exact) mass is 369 g/mol. The average Bonchev–Trinajstić information content (AvgIpc) is 2.53. The van der Waals surface area contributed by atoms with Crippen LogP contribution in [0.3, 0.4) is 0 Å². The number of hydrogen-bond acceptors (Lipinski definition) is 5. The number of esters is 1. The summed E-state index contributed by atoms with van der Waals surface area (Å²) in [5, 5.41) is 20.1. The lowest BCUT2D eigenvalue weighted by atomic mass is 10.0. The Balaban J connectivity index is 2.53. The second-order valence-corrected chi connectivity index (χ2v) is 5.37. The fraction of sp³-hybridized carbons (Fsp3) is 0.333. The molecule has 118 valence electrons. The zero-order valence-corrected chi connectivity index (χ0v) is 13.5. The number of alkyl halides is 1. The van der Waals surface area contributed by atoms with Crippen molar-refractivity contribution in [3.05, 3.63) is 45.7 Å². The fourth-order valence-electron chi connectivity index (χ4n) is 2.09. The number of hydrogen-bond donors (Lipinski definition) is 3. The summed E-state index contributed by atoms with van der Waals surface area (Å²) in [4.78, 5) is 27.0. The molecular formula is C15H16BrNO5. The van der Waals surface area contributed by atoms with Crippen molar-refractivity contribution in [1.82, 2.24) is 4.98 Å². The van der Waals surface area contributed by atoms with Crippen LogP contribution >= 0.6 is 15.9 Å². The maximum Gasteiger partial charge on any atom is 0.343 e. The molecule has 1 aromatic heterocycles. The number of rotatable bonds is 5. The van der Waals surface area contributed by atoms with Gasteiger partial charge in [-0.15, -0.1) is 0 Å². The van der Waals surface area contributed by atoms with E-state index < -0.39 is 23.6 Å². The summed E-state index contributed by atoms with van der Waals surface area (Å²) in [5.74, 6) is -0.697. The predicted octanol–water partition coefficient (Wildman–Crippen LogP) is 1.49. The zero-order valence-electron chi connectivity index (χ0n) is 11.9. The number of aliphatic hydroxyl groups is 2. The second kappa shape index (κ2) is 7.04. The van der Waals surface area contributed by atoms with Gasteiger partial charge in [0, 0.05) is 22.4 Å². The third-order valence-corrected chi connectivity index (χ3v) is 3.93. The lowest BCUT2D eigenvalue weighted by Gasteiger charge is -2.16. The van der Waals surface area contributed by atoms with E-state index in [-0.39, 0.29) is 22.9 Å². The van der Waals surface area contributed by atoms with Gasteiger partial charge in [-0.25, -0.2) is 4.79 Å². The number of aromatic nitrogens is 1. The number of aliphatic hydroxyl groups excluding tert-OH is 2. The highest BCUT2D eigenvalue weighted by Gasteiger charge is 2.19. The fourth-order valence-corrected chi connectivity index (χ4v) is 2.44. The molecule has 0 radical (unpaired) electrons. The van der Waals surface area contributed by atoms with Crippen LogP contribution in [-0.2, 0) is 4.74 Å². The summed E-state index contributed by atoms with van der Waals surface area (Å²) in [6.45, 7) is 1.83. The average molecular weight is 370 g/mol. The highest BCUT2D eigenvalue weighted by Crippen LogP contribution is 2.21. The molecule has 0 amide bonds. The molecule has 2 rings (SSSR count). The molecule has 0 spiro atoms. The summed E-state index contributed by atoms with van der Waals surface area (Å²) in [5.41, 5.74) is 0.352. The van der Waals surface area contributed by atoms with Gasteiger partial charge in [0.1, 0.15) is 11.7 Å². The van der Waals surface area contributed by atoms with E-state index in [1.807, 2.05) is 0 Å². The number of nitrogens with one attached hydrogen (secondary N) is 1. The molecule has 1 aromatic carbocycles. The van der Waals surface area contributed by atoms with Gasteiger partial charge in [0.25, 0.3) is 0 Å². The Bertz CT molecular complexity index is 742. The molecule has 0 fully saturated rings. The quantitative estimate of drug-likeness (QED) is 0.547. The minimum absolute atomic E-state index is 0.0953. The minimum atomic E-state index is -1.13. The van der Waals surface area contributed by atoms with Crippen LogP contribution in [-0.4, -0.2) is 39.2 Å². The van der Waals surface area contributed by atoms with Crippen molar-refractivity contribution in [2.24, 2.45) is 0 Å². The smallest absolute Gasteiger partial charge is 0.343 e. The third kappa shape index (κ3) is 3.21. The van der Waals surface area contributed by atoms with E-state index in [1.54, 1.807) is 19.1 Å². The molecule has 0 aliphatic carbocycles. The molecule has 0 saturated carbocycles. The first-order chi connectivity index (χ1) is 10.5. The van der Waals surface area contributed by atoms with Crippen LogP contribution in [0.1, 0.15) is 28.9 Å². The highest BCUT2D eigenvalue weighted by molar-refractivity contribution is 9.09. The van der Waals surface area contributed by atoms with E-state index in [0.29, 0.717) is 11.1 Å². The third-order valence-electron chi connectivity index (χ3n) is 3.26. The van der Waals surface area contributed by atoms with Gasteiger partial charge < -0.3 is 19.9 Å². The van der Waals surface area contributed by atoms with Crippen LogP contribution in [0.25, 0.3) is 10.9 Å². The van der Waals surface area contributed by atoms with Crippen molar-refractivity contribution >= 4 is 32.8 Å². The molecule has 2 aromatic rings. The van der Waals surface area contributed by atoms with E-state index in [4.69, 9.17) is 4.74 Å². The zero-order chi connectivity index (χ0) is 16.3. The van der Waals surface area contributed by atoms with Crippen LogP contribution in [0, 0.1) is 0 Å². The molecule has 22 heavy (non-hydrogen) atoms. The Kier molecular flexibility index (Phi) is 5.33. The van der Waals surface area contributed by atoms with Gasteiger partial charge in [-0.1, -0.05) is 22.0 Å².